The number of nitrogens with one attached hydrogen (secondary N) is 1. The van der Waals surface area contributed by atoms with Gasteiger partial charge in [0.15, 0.2) is 23.0 Å². The molecule has 0 bridgehead atoms. The van der Waals surface area contributed by atoms with Crippen molar-refractivity contribution in [2.45, 2.75) is 13.5 Å². The minimum absolute atomic E-state index is 0.172. The van der Waals surface area contributed by atoms with Gasteiger partial charge in [0.2, 0.25) is 6.79 Å². The van der Waals surface area contributed by atoms with E-state index in [1.54, 1.807) is 6.92 Å². The number of rotatable bonds is 5. The highest BCUT2D eigenvalue weighted by molar-refractivity contribution is 5.95. The molecule has 132 valence electrons. The molecule has 7 nitrogen and oxygen atoms in total. The molecule has 0 fully saturated rings. The molecule has 0 aliphatic carbocycles. The van der Waals surface area contributed by atoms with E-state index in [-0.39, 0.29) is 19.1 Å². The van der Waals surface area contributed by atoms with Gasteiger partial charge < -0.3 is 19.5 Å². The van der Waals surface area contributed by atoms with Gasteiger partial charge in [0.1, 0.15) is 0 Å². The molecule has 26 heavy (non-hydrogen) atoms. The number of para-hydroxylation sites is 2. The third kappa shape index (κ3) is 3.11. The maximum atomic E-state index is 12.3. The minimum atomic E-state index is -0.501. The fourth-order valence-electron chi connectivity index (χ4n) is 2.70. The molecule has 0 unspecified atom stereocenters. The fraction of sp³-hybridized carbons (Fsp3) is 0.211. The van der Waals surface area contributed by atoms with E-state index < -0.39 is 5.97 Å². The number of hydrogen-bond acceptors (Lipinski definition) is 7. The Morgan fingerprint density at radius 1 is 1.12 bits per heavy atom. The number of benzene rings is 2. The smallest absolute Gasteiger partial charge is 0.360 e. The number of anilines is 1. The molecule has 1 aromatic heterocycles. The molecule has 4 rings (SSSR count). The predicted octanol–water partition coefficient (Wildman–Crippen LogP) is 3.15. The van der Waals surface area contributed by atoms with Gasteiger partial charge in [0.25, 0.3) is 0 Å². The highest BCUT2D eigenvalue weighted by atomic mass is 16.7. The summed E-state index contributed by atoms with van der Waals surface area (Å²) in [6.45, 7) is 2.71. The van der Waals surface area contributed by atoms with Crippen molar-refractivity contribution < 1.29 is 19.0 Å². The minimum Gasteiger partial charge on any atom is -0.461 e. The number of carbonyl (C=O) groups is 1. The normalized spacial score (nSPS) is 12.2. The Morgan fingerprint density at radius 3 is 2.69 bits per heavy atom. The second-order valence-electron chi connectivity index (χ2n) is 5.67. The Hall–Kier alpha value is -3.35. The van der Waals surface area contributed by atoms with Crippen molar-refractivity contribution in [3.63, 3.8) is 0 Å². The van der Waals surface area contributed by atoms with Crippen LogP contribution in [0.1, 0.15) is 23.0 Å². The lowest BCUT2D eigenvalue weighted by Crippen LogP contribution is -2.14. The predicted molar refractivity (Wildman–Crippen MR) is 95.4 cm³/mol. The van der Waals surface area contributed by atoms with Gasteiger partial charge in [-0.25, -0.2) is 14.8 Å². The van der Waals surface area contributed by atoms with E-state index in [1.807, 2.05) is 42.5 Å². The van der Waals surface area contributed by atoms with Gasteiger partial charge in [-0.05, 0) is 36.8 Å². The molecule has 0 spiro atoms. The van der Waals surface area contributed by atoms with E-state index in [1.165, 1.54) is 0 Å². The zero-order valence-electron chi connectivity index (χ0n) is 14.2. The average Bonchev–Trinajstić information content (AvgIpc) is 3.13. The third-order valence-electron chi connectivity index (χ3n) is 3.94. The maximum Gasteiger partial charge on any atom is 0.360 e. The average molecular weight is 351 g/mol. The van der Waals surface area contributed by atoms with Crippen molar-refractivity contribution >= 4 is 22.8 Å². The number of esters is 1. The van der Waals surface area contributed by atoms with Crippen LogP contribution in [0.15, 0.2) is 42.5 Å². The van der Waals surface area contributed by atoms with E-state index in [4.69, 9.17) is 14.2 Å². The molecule has 1 aliphatic rings. The van der Waals surface area contributed by atoms with Gasteiger partial charge in [0.05, 0.1) is 17.6 Å². The highest BCUT2D eigenvalue weighted by Gasteiger charge is 2.18. The Balaban J connectivity index is 1.63. The molecule has 0 saturated carbocycles. The molecule has 0 saturated heterocycles. The van der Waals surface area contributed by atoms with Crippen LogP contribution >= 0.6 is 0 Å². The molecular weight excluding hydrogens is 334 g/mol. The molecule has 0 radical (unpaired) electrons. The van der Waals surface area contributed by atoms with Gasteiger partial charge in [-0.15, -0.1) is 0 Å². The number of ether oxygens (including phenoxy) is 3. The van der Waals surface area contributed by atoms with Crippen LogP contribution in [0.25, 0.3) is 11.0 Å². The zero-order chi connectivity index (χ0) is 17.9. The molecule has 0 amide bonds. The molecule has 7 heteroatoms. The molecule has 0 atom stereocenters. The summed E-state index contributed by atoms with van der Waals surface area (Å²) in [5, 5.41) is 3.18. The van der Waals surface area contributed by atoms with E-state index in [9.17, 15) is 4.79 Å². The molecule has 2 aromatic carbocycles. The summed E-state index contributed by atoms with van der Waals surface area (Å²) >= 11 is 0. The van der Waals surface area contributed by atoms with Crippen LogP contribution in [0.2, 0.25) is 0 Å². The van der Waals surface area contributed by atoms with Gasteiger partial charge in [-0.1, -0.05) is 18.2 Å². The Bertz CT molecular complexity index is 974. The Kier molecular flexibility index (Phi) is 4.27. The molecule has 2 heterocycles. The topological polar surface area (TPSA) is 82.6 Å². The molecule has 1 aliphatic heterocycles. The highest BCUT2D eigenvalue weighted by Crippen LogP contribution is 2.32. The summed E-state index contributed by atoms with van der Waals surface area (Å²) in [4.78, 5) is 21.2. The summed E-state index contributed by atoms with van der Waals surface area (Å²) in [6.07, 6.45) is 0. The van der Waals surface area contributed by atoms with E-state index >= 15 is 0 Å². The van der Waals surface area contributed by atoms with Crippen molar-refractivity contribution in [1.29, 1.82) is 0 Å². The van der Waals surface area contributed by atoms with Crippen LogP contribution in [-0.4, -0.2) is 29.3 Å². The van der Waals surface area contributed by atoms with Crippen LogP contribution in [0.3, 0.4) is 0 Å². The second-order valence-corrected chi connectivity index (χ2v) is 5.67. The number of nitrogens with zero attached hydrogens (tertiary/aromatic N) is 2. The van der Waals surface area contributed by atoms with Crippen LogP contribution < -0.4 is 14.8 Å². The van der Waals surface area contributed by atoms with Crippen molar-refractivity contribution in [3.05, 3.63) is 53.7 Å². The largest absolute Gasteiger partial charge is 0.461 e. The summed E-state index contributed by atoms with van der Waals surface area (Å²) in [5.41, 5.74) is 2.49. The number of carbonyl (C=O) groups excluding carboxylic acids is 1. The fourth-order valence-corrected chi connectivity index (χ4v) is 2.70. The lowest BCUT2D eigenvalue weighted by Gasteiger charge is -2.11. The monoisotopic (exact) mass is 351 g/mol. The zero-order valence-corrected chi connectivity index (χ0v) is 14.2. The quantitative estimate of drug-likeness (QED) is 0.707. The summed E-state index contributed by atoms with van der Waals surface area (Å²) in [5.74, 6) is 1.32. The van der Waals surface area contributed by atoms with Crippen LogP contribution in [0.4, 0.5) is 5.82 Å². The van der Waals surface area contributed by atoms with Gasteiger partial charge in [0, 0.05) is 6.54 Å². The standard InChI is InChI=1S/C19H17N3O4/c1-2-24-19(23)17-18(22-14-6-4-3-5-13(14)21-17)20-10-12-7-8-15-16(9-12)26-11-25-15/h3-9H,2,10-11H2,1H3,(H,20,22). The Morgan fingerprint density at radius 2 is 1.88 bits per heavy atom. The molecular formula is C19H17N3O4. The number of hydrogen-bond donors (Lipinski definition) is 1. The van der Waals surface area contributed by atoms with E-state index in [2.05, 4.69) is 15.3 Å². The first kappa shape index (κ1) is 16.1. The van der Waals surface area contributed by atoms with Crippen LogP contribution in [0, 0.1) is 0 Å². The summed E-state index contributed by atoms with van der Waals surface area (Å²) in [6, 6.07) is 13.1. The third-order valence-corrected chi connectivity index (χ3v) is 3.94. The van der Waals surface area contributed by atoms with Crippen LogP contribution in [0.5, 0.6) is 11.5 Å². The lowest BCUT2D eigenvalue weighted by atomic mass is 10.2. The van der Waals surface area contributed by atoms with Gasteiger partial charge in [-0.2, -0.15) is 0 Å². The molecule has 1 N–H and O–H groups in total. The summed E-state index contributed by atoms with van der Waals surface area (Å²) < 4.78 is 15.8. The SMILES string of the molecule is CCOC(=O)c1nc2ccccc2nc1NCc1ccc2c(c1)OCO2. The first-order valence-corrected chi connectivity index (χ1v) is 8.31. The summed E-state index contributed by atoms with van der Waals surface area (Å²) in [7, 11) is 0. The van der Waals surface area contributed by atoms with Crippen molar-refractivity contribution in [2.75, 3.05) is 18.7 Å². The number of aromatic nitrogens is 2. The van der Waals surface area contributed by atoms with Gasteiger partial charge >= 0.3 is 5.97 Å². The van der Waals surface area contributed by atoms with Crippen molar-refractivity contribution in [2.24, 2.45) is 0 Å². The maximum absolute atomic E-state index is 12.3. The molecule has 3 aromatic rings. The van der Waals surface area contributed by atoms with Crippen molar-refractivity contribution in [3.8, 4) is 11.5 Å². The first-order chi connectivity index (χ1) is 12.7. The Labute approximate surface area is 149 Å². The van der Waals surface area contributed by atoms with Crippen LogP contribution in [-0.2, 0) is 11.3 Å². The first-order valence-electron chi connectivity index (χ1n) is 8.31. The van der Waals surface area contributed by atoms with E-state index in [0.717, 1.165) is 11.3 Å². The lowest BCUT2D eigenvalue weighted by molar-refractivity contribution is 0.0520. The van der Waals surface area contributed by atoms with Crippen molar-refractivity contribution in [1.82, 2.24) is 9.97 Å². The van der Waals surface area contributed by atoms with E-state index in [0.29, 0.717) is 29.1 Å². The second kappa shape index (κ2) is 6.87. The number of fused-ring (bicyclic) bond motifs is 2. The van der Waals surface area contributed by atoms with Gasteiger partial charge in [-0.3, -0.25) is 0 Å².